The monoisotopic (exact) mass is 469 g/mol. The van der Waals surface area contributed by atoms with Crippen LogP contribution in [0.3, 0.4) is 0 Å². The molecule has 0 saturated carbocycles. The van der Waals surface area contributed by atoms with E-state index < -0.39 is 23.6 Å². The zero-order chi connectivity index (χ0) is 24.1. The van der Waals surface area contributed by atoms with Crippen molar-refractivity contribution in [2.45, 2.75) is 38.1 Å². The van der Waals surface area contributed by atoms with Crippen molar-refractivity contribution in [2.24, 2.45) is 5.92 Å². The van der Waals surface area contributed by atoms with E-state index >= 15 is 0 Å². The standard InChI is InChI=1S/C26H29F2N3O3/c27-21-8-4-19(5-9-21)24(32)29-23(26(34)30-14-2-1-3-15-30)18-12-16-31(17-13-18)25(33)20-6-10-22(28)11-7-20/h4-11,18,23H,1-3,12-17H2,(H,29,32). The first-order chi connectivity index (χ1) is 16.4. The SMILES string of the molecule is O=C(NC(C(=O)N1CCCCC1)C1CCN(C(=O)c2ccc(F)cc2)CC1)c1ccc(F)cc1. The van der Waals surface area contributed by atoms with Gasteiger partial charge >= 0.3 is 0 Å². The van der Waals surface area contributed by atoms with E-state index in [0.717, 1.165) is 19.3 Å². The van der Waals surface area contributed by atoms with E-state index in [1.807, 2.05) is 4.90 Å². The summed E-state index contributed by atoms with van der Waals surface area (Å²) in [4.78, 5) is 42.6. The molecule has 0 bridgehead atoms. The molecule has 2 aliphatic heterocycles. The maximum absolute atomic E-state index is 13.4. The minimum Gasteiger partial charge on any atom is -0.341 e. The van der Waals surface area contributed by atoms with E-state index in [-0.39, 0.29) is 17.7 Å². The van der Waals surface area contributed by atoms with Gasteiger partial charge in [-0.2, -0.15) is 0 Å². The van der Waals surface area contributed by atoms with Gasteiger partial charge in [0.25, 0.3) is 11.8 Å². The Hall–Kier alpha value is -3.29. The van der Waals surface area contributed by atoms with Gasteiger partial charge < -0.3 is 15.1 Å². The maximum Gasteiger partial charge on any atom is 0.253 e. The zero-order valence-corrected chi connectivity index (χ0v) is 19.0. The summed E-state index contributed by atoms with van der Waals surface area (Å²) >= 11 is 0. The van der Waals surface area contributed by atoms with Gasteiger partial charge in [0.15, 0.2) is 0 Å². The van der Waals surface area contributed by atoms with Crippen molar-refractivity contribution in [3.63, 3.8) is 0 Å². The molecule has 180 valence electrons. The number of benzene rings is 2. The molecule has 2 aromatic carbocycles. The average Bonchev–Trinajstić information content (AvgIpc) is 2.88. The minimum absolute atomic E-state index is 0.0986. The number of rotatable bonds is 5. The van der Waals surface area contributed by atoms with Crippen LogP contribution in [0, 0.1) is 17.6 Å². The Bertz CT molecular complexity index is 1010. The second kappa shape index (κ2) is 10.8. The second-order valence-corrected chi connectivity index (χ2v) is 8.98. The fourth-order valence-electron chi connectivity index (χ4n) is 4.73. The summed E-state index contributed by atoms with van der Waals surface area (Å²) in [5.41, 5.74) is 0.715. The molecule has 2 fully saturated rings. The van der Waals surface area contributed by atoms with Crippen LogP contribution >= 0.6 is 0 Å². The molecule has 2 aromatic rings. The molecule has 4 rings (SSSR count). The topological polar surface area (TPSA) is 69.7 Å². The van der Waals surface area contributed by atoms with E-state index in [1.54, 1.807) is 4.90 Å². The normalized spacial score (nSPS) is 17.8. The van der Waals surface area contributed by atoms with Gasteiger partial charge in [-0.25, -0.2) is 8.78 Å². The van der Waals surface area contributed by atoms with Gasteiger partial charge in [0.2, 0.25) is 5.91 Å². The summed E-state index contributed by atoms with van der Waals surface area (Å²) in [6.45, 7) is 2.22. The van der Waals surface area contributed by atoms with Crippen molar-refractivity contribution in [1.82, 2.24) is 15.1 Å². The molecule has 6 nitrogen and oxygen atoms in total. The average molecular weight is 470 g/mol. The Balaban J connectivity index is 1.45. The number of carbonyl (C=O) groups is 3. The molecule has 2 aliphatic rings. The van der Waals surface area contributed by atoms with Crippen molar-refractivity contribution < 1.29 is 23.2 Å². The van der Waals surface area contributed by atoms with Crippen molar-refractivity contribution in [3.8, 4) is 0 Å². The number of hydrogen-bond donors (Lipinski definition) is 1. The number of carbonyl (C=O) groups excluding carboxylic acids is 3. The summed E-state index contributed by atoms with van der Waals surface area (Å²) < 4.78 is 26.5. The molecule has 2 saturated heterocycles. The van der Waals surface area contributed by atoms with Gasteiger partial charge in [-0.15, -0.1) is 0 Å². The first kappa shape index (κ1) is 23.9. The van der Waals surface area contributed by atoms with E-state index in [1.165, 1.54) is 48.5 Å². The first-order valence-corrected chi connectivity index (χ1v) is 11.8. The Kier molecular flexibility index (Phi) is 7.55. The third-order valence-corrected chi connectivity index (χ3v) is 6.72. The summed E-state index contributed by atoms with van der Waals surface area (Å²) in [7, 11) is 0. The number of piperidine rings is 2. The Morgan fingerprint density at radius 1 is 0.735 bits per heavy atom. The second-order valence-electron chi connectivity index (χ2n) is 8.98. The zero-order valence-electron chi connectivity index (χ0n) is 19.0. The largest absolute Gasteiger partial charge is 0.341 e. The van der Waals surface area contributed by atoms with Crippen molar-refractivity contribution in [3.05, 3.63) is 71.3 Å². The van der Waals surface area contributed by atoms with Gasteiger partial charge in [0.1, 0.15) is 17.7 Å². The molecule has 0 radical (unpaired) electrons. The van der Waals surface area contributed by atoms with Gasteiger partial charge in [-0.3, -0.25) is 14.4 Å². The van der Waals surface area contributed by atoms with Crippen LogP contribution in [0.1, 0.15) is 52.8 Å². The van der Waals surface area contributed by atoms with Crippen LogP contribution < -0.4 is 5.32 Å². The third-order valence-electron chi connectivity index (χ3n) is 6.72. The van der Waals surface area contributed by atoms with Gasteiger partial charge in [0.05, 0.1) is 0 Å². The number of halogens is 2. The van der Waals surface area contributed by atoms with Crippen LogP contribution in [0.5, 0.6) is 0 Å². The maximum atomic E-state index is 13.4. The van der Waals surface area contributed by atoms with E-state index in [0.29, 0.717) is 50.1 Å². The highest BCUT2D eigenvalue weighted by molar-refractivity contribution is 5.97. The predicted molar refractivity (Wildman–Crippen MR) is 123 cm³/mol. The molecular formula is C26H29F2N3O3. The number of hydrogen-bond acceptors (Lipinski definition) is 3. The van der Waals surface area contributed by atoms with Gasteiger partial charge in [-0.05, 0) is 86.6 Å². The Morgan fingerprint density at radius 3 is 1.82 bits per heavy atom. The van der Waals surface area contributed by atoms with Crippen LogP contribution in [0.25, 0.3) is 0 Å². The molecule has 34 heavy (non-hydrogen) atoms. The van der Waals surface area contributed by atoms with Gasteiger partial charge in [0, 0.05) is 37.3 Å². The first-order valence-electron chi connectivity index (χ1n) is 11.8. The van der Waals surface area contributed by atoms with Crippen LogP contribution in [-0.4, -0.2) is 59.7 Å². The molecule has 0 aliphatic carbocycles. The molecule has 0 aromatic heterocycles. The molecule has 1 N–H and O–H groups in total. The lowest BCUT2D eigenvalue weighted by Crippen LogP contribution is -2.55. The Labute approximate surface area is 197 Å². The lowest BCUT2D eigenvalue weighted by Gasteiger charge is -2.38. The van der Waals surface area contributed by atoms with E-state index in [9.17, 15) is 23.2 Å². The smallest absolute Gasteiger partial charge is 0.253 e. The summed E-state index contributed by atoms with van der Waals surface area (Å²) in [5.74, 6) is -1.65. The summed E-state index contributed by atoms with van der Waals surface area (Å²) in [6.07, 6.45) is 4.08. The van der Waals surface area contributed by atoms with E-state index in [2.05, 4.69) is 5.32 Å². The van der Waals surface area contributed by atoms with Crippen LogP contribution in [0.15, 0.2) is 48.5 Å². The van der Waals surface area contributed by atoms with Crippen molar-refractivity contribution in [2.75, 3.05) is 26.2 Å². The fraction of sp³-hybridized carbons (Fsp3) is 0.423. The highest BCUT2D eigenvalue weighted by atomic mass is 19.1. The summed E-state index contributed by atoms with van der Waals surface area (Å²) in [6, 6.07) is 9.99. The van der Waals surface area contributed by atoms with Crippen LogP contribution in [-0.2, 0) is 4.79 Å². The molecule has 8 heteroatoms. The molecule has 1 atom stereocenters. The number of nitrogens with zero attached hydrogens (tertiary/aromatic N) is 2. The van der Waals surface area contributed by atoms with E-state index in [4.69, 9.17) is 0 Å². The Morgan fingerprint density at radius 2 is 1.26 bits per heavy atom. The van der Waals surface area contributed by atoms with Gasteiger partial charge in [-0.1, -0.05) is 0 Å². The lowest BCUT2D eigenvalue weighted by atomic mass is 9.87. The third kappa shape index (κ3) is 5.61. The molecule has 1 unspecified atom stereocenters. The lowest BCUT2D eigenvalue weighted by molar-refractivity contribution is -0.136. The molecule has 0 spiro atoms. The van der Waals surface area contributed by atoms with Crippen LogP contribution in [0.2, 0.25) is 0 Å². The van der Waals surface area contributed by atoms with Crippen molar-refractivity contribution in [1.29, 1.82) is 0 Å². The predicted octanol–water partition coefficient (Wildman–Crippen LogP) is 3.63. The number of amides is 3. The summed E-state index contributed by atoms with van der Waals surface area (Å²) in [5, 5.41) is 2.90. The molecular weight excluding hydrogens is 440 g/mol. The van der Waals surface area contributed by atoms with Crippen molar-refractivity contribution >= 4 is 17.7 Å². The quantitative estimate of drug-likeness (QED) is 0.727. The van der Waals surface area contributed by atoms with Crippen LogP contribution in [0.4, 0.5) is 8.78 Å². The minimum atomic E-state index is -0.710. The highest BCUT2D eigenvalue weighted by Crippen LogP contribution is 2.25. The highest BCUT2D eigenvalue weighted by Gasteiger charge is 2.36. The number of nitrogens with one attached hydrogen (secondary N) is 1. The number of likely N-dealkylation sites (tertiary alicyclic amines) is 2. The molecule has 3 amide bonds. The molecule has 2 heterocycles. The fourth-order valence-corrected chi connectivity index (χ4v) is 4.73.